The molecule has 1 N–H and O–H groups in total. The summed E-state index contributed by atoms with van der Waals surface area (Å²) < 4.78 is 1.95. The Balaban J connectivity index is 1.75. The van der Waals surface area contributed by atoms with Crippen molar-refractivity contribution in [2.24, 2.45) is 13.0 Å². The molecule has 0 aromatic carbocycles. The number of fused-ring (bicyclic) bond motifs is 1. The minimum Gasteiger partial charge on any atom is -0.481 e. The highest BCUT2D eigenvalue weighted by molar-refractivity contribution is 7.09. The van der Waals surface area contributed by atoms with E-state index in [2.05, 4.69) is 14.8 Å². The molecule has 3 aromatic rings. The molecule has 3 heterocycles. The van der Waals surface area contributed by atoms with Gasteiger partial charge in [-0.3, -0.25) is 14.6 Å². The fourth-order valence-corrected chi connectivity index (χ4v) is 4.75. The third kappa shape index (κ3) is 5.80. The molecule has 3 aromatic heterocycles. The molecule has 0 aliphatic heterocycles. The molecule has 8 heteroatoms. The second-order valence-electron chi connectivity index (χ2n) is 8.27. The van der Waals surface area contributed by atoms with Gasteiger partial charge in [-0.05, 0) is 37.7 Å². The molecule has 168 valence electrons. The van der Waals surface area contributed by atoms with Gasteiger partial charge in [-0.25, -0.2) is 9.83 Å². The second kappa shape index (κ2) is 11.0. The first kappa shape index (κ1) is 23.6. The minimum atomic E-state index is -0.904. The number of ketones is 1. The number of carboxylic acids is 1. The topological polar surface area (TPSA) is 89.4 Å². The van der Waals surface area contributed by atoms with Crippen LogP contribution in [0, 0.1) is 12.5 Å². The van der Waals surface area contributed by atoms with E-state index < -0.39 is 5.97 Å². The van der Waals surface area contributed by atoms with Gasteiger partial charge in [-0.1, -0.05) is 19.8 Å². The van der Waals surface area contributed by atoms with Gasteiger partial charge >= 0.3 is 5.97 Å². The van der Waals surface area contributed by atoms with E-state index in [9.17, 15) is 9.59 Å². The Morgan fingerprint density at radius 3 is 2.59 bits per heavy atom. The third-order valence-electron chi connectivity index (χ3n) is 5.67. The first-order valence-corrected chi connectivity index (χ1v) is 11.8. The van der Waals surface area contributed by atoms with E-state index in [1.54, 1.807) is 24.3 Å². The van der Waals surface area contributed by atoms with Gasteiger partial charge in [-0.15, -0.1) is 11.3 Å². The number of pyridine rings is 1. The normalized spacial score (nSPS) is 12.0. The van der Waals surface area contributed by atoms with E-state index >= 15 is 0 Å². The molecular weight excluding hydrogens is 424 g/mol. The molecule has 1 atom stereocenters. The molecule has 0 spiro atoms. The maximum absolute atomic E-state index is 13.2. The predicted molar refractivity (Wildman–Crippen MR) is 125 cm³/mol. The van der Waals surface area contributed by atoms with Crippen LogP contribution in [0.2, 0.25) is 0 Å². The molecule has 0 bridgehead atoms. The third-order valence-corrected chi connectivity index (χ3v) is 6.51. The Hall–Kier alpha value is -3.05. The molecule has 0 fully saturated rings. The lowest BCUT2D eigenvalue weighted by molar-refractivity contribution is -0.137. The Morgan fingerprint density at radius 1 is 1.19 bits per heavy atom. The van der Waals surface area contributed by atoms with E-state index in [1.807, 2.05) is 23.3 Å². The van der Waals surface area contributed by atoms with Gasteiger partial charge in [0.05, 0.1) is 12.1 Å². The molecule has 0 amide bonds. The van der Waals surface area contributed by atoms with Gasteiger partial charge in [0.2, 0.25) is 5.69 Å². The van der Waals surface area contributed by atoms with Gasteiger partial charge in [0.25, 0.3) is 0 Å². The first-order chi connectivity index (χ1) is 15.4. The quantitative estimate of drug-likeness (QED) is 0.219. The number of aromatic nitrogens is 3. The number of aliphatic carboxylic acids is 1. The Bertz CT molecular complexity index is 1130. The minimum absolute atomic E-state index is 0.0445. The number of aryl methyl sites for hydroxylation is 2. The standard InChI is InChI=1S/C24H28N4O3S/c1-16(11-22(30)31)10-21(29)23-19-12-17(25-2)13-27-24(19)28(3)20(23)9-7-5-4-6-8-18-14-26-15-32-18/h12-16H,4-11H2,1,3H3,(H,30,31)/t16-/m0/s1. The molecule has 0 aliphatic carbocycles. The highest BCUT2D eigenvalue weighted by Crippen LogP contribution is 2.31. The van der Waals surface area contributed by atoms with Gasteiger partial charge in [0.1, 0.15) is 5.65 Å². The Morgan fingerprint density at radius 2 is 1.94 bits per heavy atom. The van der Waals surface area contributed by atoms with E-state index in [0.717, 1.165) is 44.2 Å². The zero-order valence-corrected chi connectivity index (χ0v) is 19.3. The monoisotopic (exact) mass is 452 g/mol. The maximum Gasteiger partial charge on any atom is 0.303 e. The van der Waals surface area contributed by atoms with Crippen LogP contribution in [0.3, 0.4) is 0 Å². The number of Topliss-reactive ketones (excluding diaryl/α,β-unsaturated/α-hetero) is 1. The lowest BCUT2D eigenvalue weighted by Gasteiger charge is -2.10. The van der Waals surface area contributed by atoms with Crippen LogP contribution < -0.4 is 0 Å². The van der Waals surface area contributed by atoms with Gasteiger partial charge in [-0.2, -0.15) is 0 Å². The number of thiazole rings is 1. The van der Waals surface area contributed by atoms with Crippen molar-refractivity contribution in [3.63, 3.8) is 0 Å². The number of carboxylic acid groups (broad SMARTS) is 1. The number of nitrogens with zero attached hydrogens (tertiary/aromatic N) is 4. The average molecular weight is 453 g/mol. The predicted octanol–water partition coefficient (Wildman–Crippen LogP) is 5.61. The Kier molecular flexibility index (Phi) is 8.12. The van der Waals surface area contributed by atoms with E-state index in [1.165, 1.54) is 11.1 Å². The van der Waals surface area contributed by atoms with Crippen LogP contribution in [0.15, 0.2) is 24.0 Å². The highest BCUT2D eigenvalue weighted by Gasteiger charge is 2.24. The first-order valence-electron chi connectivity index (χ1n) is 10.9. The molecule has 3 rings (SSSR count). The van der Waals surface area contributed by atoms with Crippen molar-refractivity contribution in [2.75, 3.05) is 0 Å². The van der Waals surface area contributed by atoms with Crippen LogP contribution in [0.25, 0.3) is 15.9 Å². The largest absolute Gasteiger partial charge is 0.481 e. The number of carbonyl (C=O) groups excluding carboxylic acids is 1. The molecule has 0 unspecified atom stereocenters. The summed E-state index contributed by atoms with van der Waals surface area (Å²) in [4.78, 5) is 37.6. The summed E-state index contributed by atoms with van der Waals surface area (Å²) in [5, 5.41) is 9.74. The number of hydrogen-bond donors (Lipinski definition) is 1. The summed E-state index contributed by atoms with van der Waals surface area (Å²) in [6, 6.07) is 1.73. The number of unbranched alkanes of at least 4 members (excludes halogenated alkanes) is 3. The van der Waals surface area contributed by atoms with Crippen LogP contribution in [-0.2, 0) is 24.7 Å². The fraction of sp³-hybridized carbons (Fsp3) is 0.458. The Labute approximate surface area is 191 Å². The molecule has 0 aliphatic rings. The van der Waals surface area contributed by atoms with Crippen molar-refractivity contribution < 1.29 is 14.7 Å². The van der Waals surface area contributed by atoms with Crippen LogP contribution >= 0.6 is 11.3 Å². The van der Waals surface area contributed by atoms with E-state index in [-0.39, 0.29) is 24.5 Å². The molecule has 0 saturated carbocycles. The highest BCUT2D eigenvalue weighted by atomic mass is 32.1. The molecule has 0 radical (unpaired) electrons. The van der Waals surface area contributed by atoms with Crippen molar-refractivity contribution in [1.82, 2.24) is 14.5 Å². The van der Waals surface area contributed by atoms with Gasteiger partial charge in [0, 0.05) is 53.8 Å². The van der Waals surface area contributed by atoms with Gasteiger partial charge in [0.15, 0.2) is 5.78 Å². The van der Waals surface area contributed by atoms with Crippen molar-refractivity contribution in [1.29, 1.82) is 0 Å². The summed E-state index contributed by atoms with van der Waals surface area (Å²) in [5.74, 6) is -1.24. The SMILES string of the molecule is [C-]#[N+]c1cnc2c(c1)c(C(=O)C[C@H](C)CC(=O)O)c(CCCCCCc1cncs1)n2C. The summed E-state index contributed by atoms with van der Waals surface area (Å²) >= 11 is 1.69. The fourth-order valence-electron chi connectivity index (χ4n) is 4.11. The van der Waals surface area contributed by atoms with Crippen molar-refractivity contribution in [3.8, 4) is 0 Å². The summed E-state index contributed by atoms with van der Waals surface area (Å²) in [6.45, 7) is 9.08. The number of hydrogen-bond acceptors (Lipinski definition) is 5. The second-order valence-corrected chi connectivity index (χ2v) is 9.24. The molecular formula is C24H28N4O3S. The lowest BCUT2D eigenvalue weighted by Crippen LogP contribution is -2.12. The van der Waals surface area contributed by atoms with E-state index in [0.29, 0.717) is 22.3 Å². The smallest absolute Gasteiger partial charge is 0.303 e. The lowest BCUT2D eigenvalue weighted by atomic mass is 9.94. The number of rotatable bonds is 12. The summed E-state index contributed by atoms with van der Waals surface area (Å²) in [6.07, 6.45) is 9.60. The van der Waals surface area contributed by atoms with Crippen LogP contribution in [0.5, 0.6) is 0 Å². The van der Waals surface area contributed by atoms with Crippen molar-refractivity contribution in [2.45, 2.75) is 58.3 Å². The van der Waals surface area contributed by atoms with Gasteiger partial charge < -0.3 is 9.67 Å². The average Bonchev–Trinajstić information content (AvgIpc) is 3.36. The van der Waals surface area contributed by atoms with Crippen LogP contribution in [-0.4, -0.2) is 31.4 Å². The van der Waals surface area contributed by atoms with Crippen molar-refractivity contribution >= 4 is 39.8 Å². The number of carbonyl (C=O) groups is 2. The zero-order valence-electron chi connectivity index (χ0n) is 18.5. The molecule has 0 saturated heterocycles. The zero-order chi connectivity index (χ0) is 23.1. The summed E-state index contributed by atoms with van der Waals surface area (Å²) in [7, 11) is 1.91. The molecule has 7 nitrogen and oxygen atoms in total. The molecule has 32 heavy (non-hydrogen) atoms. The van der Waals surface area contributed by atoms with Crippen LogP contribution in [0.4, 0.5) is 5.69 Å². The van der Waals surface area contributed by atoms with Crippen molar-refractivity contribution in [3.05, 3.63) is 51.5 Å². The van der Waals surface area contributed by atoms with Crippen LogP contribution in [0.1, 0.15) is 66.4 Å². The maximum atomic E-state index is 13.2. The van der Waals surface area contributed by atoms with E-state index in [4.69, 9.17) is 11.7 Å². The summed E-state index contributed by atoms with van der Waals surface area (Å²) in [5.41, 5.74) is 4.46.